The highest BCUT2D eigenvalue weighted by molar-refractivity contribution is 9.10. The van der Waals surface area contributed by atoms with E-state index in [1.54, 1.807) is 31.3 Å². The minimum Gasteiger partial charge on any atom is -0.315 e. The molecule has 2 aromatic rings. The van der Waals surface area contributed by atoms with Crippen molar-refractivity contribution in [2.24, 2.45) is 5.73 Å². The van der Waals surface area contributed by atoms with Crippen molar-refractivity contribution in [3.63, 3.8) is 0 Å². The van der Waals surface area contributed by atoms with Crippen LogP contribution in [-0.4, -0.2) is 37.1 Å². The molecule has 0 saturated carbocycles. The Bertz CT molecular complexity index is 949. The van der Waals surface area contributed by atoms with E-state index < -0.39 is 27.7 Å². The molecule has 1 fully saturated rings. The smallest absolute Gasteiger partial charge is 0.269 e. The van der Waals surface area contributed by atoms with Crippen LogP contribution in [0.15, 0.2) is 53.0 Å². The van der Waals surface area contributed by atoms with E-state index in [4.69, 9.17) is 10.3 Å². The summed E-state index contributed by atoms with van der Waals surface area (Å²) >= 11 is 3.42. The molecule has 0 radical (unpaired) electrons. The van der Waals surface area contributed by atoms with E-state index in [-0.39, 0.29) is 5.91 Å². The number of nitrogens with one attached hydrogen (secondary N) is 1. The molecule has 138 valence electrons. The van der Waals surface area contributed by atoms with E-state index in [2.05, 4.69) is 21.2 Å². The molecule has 1 aliphatic rings. The van der Waals surface area contributed by atoms with Gasteiger partial charge >= 0.3 is 0 Å². The van der Waals surface area contributed by atoms with Crippen molar-refractivity contribution in [2.45, 2.75) is 17.6 Å². The Hall–Kier alpha value is -1.78. The van der Waals surface area contributed by atoms with Gasteiger partial charge < -0.3 is 4.90 Å². The van der Waals surface area contributed by atoms with E-state index in [9.17, 15) is 13.2 Å². The summed E-state index contributed by atoms with van der Waals surface area (Å²) in [5.41, 5.74) is 6.61. The molecule has 2 aromatic carbocycles. The Morgan fingerprint density at radius 1 is 1.23 bits per heavy atom. The van der Waals surface area contributed by atoms with Gasteiger partial charge in [0.05, 0.1) is 0 Å². The van der Waals surface area contributed by atoms with Crippen molar-refractivity contribution in [1.29, 1.82) is 0 Å². The third-order valence-electron chi connectivity index (χ3n) is 4.42. The van der Waals surface area contributed by atoms with Gasteiger partial charge in [0.25, 0.3) is 16.0 Å². The average molecular weight is 440 g/mol. The molecule has 9 heteroatoms. The van der Waals surface area contributed by atoms with Crippen LogP contribution in [0.1, 0.15) is 16.7 Å². The van der Waals surface area contributed by atoms with Gasteiger partial charge in [-0.25, -0.2) is 0 Å². The molecule has 26 heavy (non-hydrogen) atoms. The molecule has 3 rings (SSSR count). The zero-order chi connectivity index (χ0) is 19.1. The lowest BCUT2D eigenvalue weighted by molar-refractivity contribution is -0.131. The van der Waals surface area contributed by atoms with Crippen LogP contribution >= 0.6 is 15.9 Å². The van der Waals surface area contributed by atoms with E-state index in [0.717, 1.165) is 4.47 Å². The molecule has 0 aromatic heterocycles. The summed E-state index contributed by atoms with van der Waals surface area (Å²) in [6.45, 7) is 0. The Morgan fingerprint density at radius 2 is 1.88 bits per heavy atom. The quantitative estimate of drug-likeness (QED) is 0.620. The lowest BCUT2D eigenvalue weighted by atomic mass is 9.82. The van der Waals surface area contributed by atoms with Gasteiger partial charge in [0.1, 0.15) is 12.0 Å². The van der Waals surface area contributed by atoms with Crippen LogP contribution in [0.3, 0.4) is 0 Å². The lowest BCUT2D eigenvalue weighted by Gasteiger charge is -2.29. The predicted molar refractivity (Wildman–Crippen MR) is 100 cm³/mol. The minimum absolute atomic E-state index is 0.217. The molecule has 1 amide bonds. The molecule has 1 saturated heterocycles. The van der Waals surface area contributed by atoms with Crippen LogP contribution in [0.5, 0.6) is 0 Å². The molecule has 2 atom stereocenters. The second-order valence-corrected chi connectivity index (χ2v) is 8.56. The molecular weight excluding hydrogens is 422 g/mol. The monoisotopic (exact) mass is 439 g/mol. The van der Waals surface area contributed by atoms with E-state index in [1.165, 1.54) is 4.90 Å². The highest BCUT2D eigenvalue weighted by Gasteiger charge is 2.51. The Kier molecular flexibility index (Phi) is 4.93. The van der Waals surface area contributed by atoms with Crippen molar-refractivity contribution in [2.75, 3.05) is 7.05 Å². The third kappa shape index (κ3) is 3.40. The predicted octanol–water partition coefficient (Wildman–Crippen LogP) is 1.38. The fraction of sp³-hybridized carbons (Fsp3) is 0.235. The fourth-order valence-electron chi connectivity index (χ4n) is 3.13. The SMILES string of the molecule is CN1C(=O)C(c2ccc(CS(=O)(=O)O)cc2)(c2cccc(Br)c2)NC1N. The number of carbonyl (C=O) groups excluding carboxylic acids is 1. The highest BCUT2D eigenvalue weighted by atomic mass is 79.9. The number of amides is 1. The highest BCUT2D eigenvalue weighted by Crippen LogP contribution is 2.37. The van der Waals surface area contributed by atoms with Gasteiger partial charge in [0, 0.05) is 11.5 Å². The number of halogens is 1. The van der Waals surface area contributed by atoms with E-state index in [1.807, 2.05) is 24.3 Å². The summed E-state index contributed by atoms with van der Waals surface area (Å²) in [6, 6.07) is 13.8. The van der Waals surface area contributed by atoms with Crippen LogP contribution < -0.4 is 11.1 Å². The van der Waals surface area contributed by atoms with Gasteiger partial charge in [-0.3, -0.25) is 20.4 Å². The zero-order valence-corrected chi connectivity index (χ0v) is 16.3. The van der Waals surface area contributed by atoms with Crippen LogP contribution in [0.25, 0.3) is 0 Å². The standard InChI is InChI=1S/C17H18BrN3O4S/c1-21-15(22)17(20-16(21)19,13-3-2-4-14(18)9-13)12-7-5-11(6-8-12)10-26(23,24)25/h2-9,16,20H,10,19H2,1H3,(H,23,24,25). The Balaban J connectivity index is 2.12. The fourth-order valence-corrected chi connectivity index (χ4v) is 4.15. The van der Waals surface area contributed by atoms with Gasteiger partial charge in [0.15, 0.2) is 5.54 Å². The molecule has 0 spiro atoms. The first-order valence-electron chi connectivity index (χ1n) is 7.75. The second-order valence-electron chi connectivity index (χ2n) is 6.19. The first-order chi connectivity index (χ1) is 12.1. The first-order valence-corrected chi connectivity index (χ1v) is 10.1. The van der Waals surface area contributed by atoms with Gasteiger partial charge in [-0.15, -0.1) is 0 Å². The number of likely N-dealkylation sites (N-methyl/N-ethyl adjacent to an activating group) is 1. The van der Waals surface area contributed by atoms with Crippen molar-refractivity contribution in [3.8, 4) is 0 Å². The largest absolute Gasteiger partial charge is 0.315 e. The molecule has 0 aliphatic carbocycles. The van der Waals surface area contributed by atoms with Crippen LogP contribution in [0, 0.1) is 0 Å². The lowest BCUT2D eigenvalue weighted by Crippen LogP contribution is -2.48. The maximum atomic E-state index is 13.1. The minimum atomic E-state index is -4.13. The third-order valence-corrected chi connectivity index (χ3v) is 5.61. The van der Waals surface area contributed by atoms with Gasteiger partial charge in [0.2, 0.25) is 0 Å². The Labute approximate surface area is 160 Å². The van der Waals surface area contributed by atoms with Crippen molar-refractivity contribution in [3.05, 3.63) is 69.7 Å². The van der Waals surface area contributed by atoms with Gasteiger partial charge in [-0.05, 0) is 28.8 Å². The summed E-state index contributed by atoms with van der Waals surface area (Å²) < 4.78 is 31.9. The van der Waals surface area contributed by atoms with Gasteiger partial charge in [-0.2, -0.15) is 8.42 Å². The molecule has 7 nitrogen and oxygen atoms in total. The van der Waals surface area contributed by atoms with Crippen LogP contribution in [-0.2, 0) is 26.2 Å². The number of benzene rings is 2. The Morgan fingerprint density at radius 3 is 2.38 bits per heavy atom. The molecule has 1 heterocycles. The number of carbonyl (C=O) groups is 1. The zero-order valence-electron chi connectivity index (χ0n) is 13.9. The van der Waals surface area contributed by atoms with Gasteiger partial charge in [-0.1, -0.05) is 52.3 Å². The molecule has 0 bridgehead atoms. The van der Waals surface area contributed by atoms with Crippen molar-refractivity contribution in [1.82, 2.24) is 10.2 Å². The number of rotatable bonds is 4. The van der Waals surface area contributed by atoms with Crippen LogP contribution in [0.4, 0.5) is 0 Å². The molecular formula is C17H18BrN3O4S. The van der Waals surface area contributed by atoms with E-state index >= 15 is 0 Å². The molecule has 4 N–H and O–H groups in total. The maximum Gasteiger partial charge on any atom is 0.269 e. The number of hydrogen-bond acceptors (Lipinski definition) is 5. The summed E-state index contributed by atoms with van der Waals surface area (Å²) in [4.78, 5) is 14.5. The average Bonchev–Trinajstić information content (AvgIpc) is 2.79. The number of nitrogens with two attached hydrogens (primary N) is 1. The maximum absolute atomic E-state index is 13.1. The summed E-state index contributed by atoms with van der Waals surface area (Å²) in [5, 5.41) is 3.16. The number of hydrogen-bond donors (Lipinski definition) is 3. The second kappa shape index (κ2) is 6.75. The number of nitrogens with zero attached hydrogens (tertiary/aromatic N) is 1. The molecule has 2 unspecified atom stereocenters. The summed E-state index contributed by atoms with van der Waals surface area (Å²) in [5.74, 6) is -0.705. The first kappa shape index (κ1) is 19.0. The van der Waals surface area contributed by atoms with Crippen LogP contribution in [0.2, 0.25) is 0 Å². The topological polar surface area (TPSA) is 113 Å². The normalized spacial score (nSPS) is 23.5. The van der Waals surface area contributed by atoms with Crippen molar-refractivity contribution < 1.29 is 17.8 Å². The summed E-state index contributed by atoms with van der Waals surface area (Å²) in [7, 11) is -2.51. The summed E-state index contributed by atoms with van der Waals surface area (Å²) in [6.07, 6.45) is -0.668. The van der Waals surface area contributed by atoms with E-state index in [0.29, 0.717) is 16.7 Å². The molecule has 1 aliphatic heterocycles. The van der Waals surface area contributed by atoms with Crippen molar-refractivity contribution >= 4 is 32.0 Å².